The van der Waals surface area contributed by atoms with E-state index in [1.54, 1.807) is 0 Å². The van der Waals surface area contributed by atoms with Gasteiger partial charge in [-0.3, -0.25) is 9.11 Å². The molecule has 0 aliphatic carbocycles. The molecule has 0 unspecified atom stereocenters. The fourth-order valence-corrected chi connectivity index (χ4v) is 4.38. The molecule has 0 atom stereocenters. The van der Waals surface area contributed by atoms with Crippen LogP contribution in [0.25, 0.3) is 10.8 Å². The summed E-state index contributed by atoms with van der Waals surface area (Å²) in [5, 5.41) is 26.8. The van der Waals surface area contributed by atoms with Gasteiger partial charge < -0.3 is 10.2 Å². The highest BCUT2D eigenvalue weighted by molar-refractivity contribution is 7.86. The molecule has 3 aromatic carbocycles. The highest BCUT2D eigenvalue weighted by Crippen LogP contribution is 2.44. The van der Waals surface area contributed by atoms with Crippen LogP contribution in [0.4, 0.5) is 17.1 Å². The van der Waals surface area contributed by atoms with Crippen molar-refractivity contribution in [2.24, 2.45) is 14.6 Å². The molecule has 16 heteroatoms. The third kappa shape index (κ3) is 4.73. The molecular formula is C16H11N3O10S3. The summed E-state index contributed by atoms with van der Waals surface area (Å²) in [6.07, 6.45) is 0. The number of nitrogens with zero attached hydrogens (tertiary/aromatic N) is 3. The second-order valence-electron chi connectivity index (χ2n) is 6.06. The van der Waals surface area contributed by atoms with E-state index in [-0.39, 0.29) is 11.1 Å². The fraction of sp³-hybridized carbons (Fsp3) is 0. The van der Waals surface area contributed by atoms with E-state index in [0.717, 1.165) is 36.4 Å². The maximum absolute atomic E-state index is 11.8. The third-order valence-electron chi connectivity index (χ3n) is 3.99. The van der Waals surface area contributed by atoms with Crippen molar-refractivity contribution in [3.05, 3.63) is 42.5 Å². The topological polar surface area (TPSA) is 220 Å². The molecule has 4 N–H and O–H groups in total. The first-order chi connectivity index (χ1) is 14.8. The molecule has 13 nitrogen and oxygen atoms in total. The van der Waals surface area contributed by atoms with Crippen LogP contribution in [0.3, 0.4) is 0 Å². The average Bonchev–Trinajstić information content (AvgIpc) is 2.67. The Labute approximate surface area is 181 Å². The van der Waals surface area contributed by atoms with Gasteiger partial charge in [0.2, 0.25) is 0 Å². The van der Waals surface area contributed by atoms with Gasteiger partial charge in [0.1, 0.15) is 26.9 Å². The number of fused-ring (bicyclic) bond motifs is 1. The number of aromatic hydroxyl groups is 2. The molecule has 3 aromatic rings. The first-order valence-electron chi connectivity index (χ1n) is 8.08. The lowest BCUT2D eigenvalue weighted by atomic mass is 10.1. The lowest BCUT2D eigenvalue weighted by Gasteiger charge is -2.11. The number of phenolic OH excluding ortho intramolecular Hbond substituents is 2. The van der Waals surface area contributed by atoms with E-state index in [4.69, 9.17) is 0 Å². The van der Waals surface area contributed by atoms with E-state index >= 15 is 0 Å². The van der Waals surface area contributed by atoms with Crippen molar-refractivity contribution < 1.29 is 44.6 Å². The van der Waals surface area contributed by atoms with Crippen LogP contribution in [0.1, 0.15) is 0 Å². The number of azo groups is 1. The zero-order valence-electron chi connectivity index (χ0n) is 15.3. The highest BCUT2D eigenvalue weighted by Gasteiger charge is 2.26. The molecule has 0 fully saturated rings. The smallest absolute Gasteiger partial charge is 0.316 e. The van der Waals surface area contributed by atoms with Gasteiger partial charge in [0.25, 0.3) is 20.2 Å². The van der Waals surface area contributed by atoms with E-state index in [1.807, 2.05) is 0 Å². The molecule has 0 amide bonds. The second kappa shape index (κ2) is 8.24. The van der Waals surface area contributed by atoms with Gasteiger partial charge in [0, 0.05) is 5.39 Å². The van der Waals surface area contributed by atoms with Crippen LogP contribution >= 0.6 is 0 Å². The third-order valence-corrected chi connectivity index (χ3v) is 6.11. The molecule has 168 valence electrons. The van der Waals surface area contributed by atoms with E-state index in [0.29, 0.717) is 0 Å². The fourth-order valence-electron chi connectivity index (χ4n) is 2.71. The molecule has 0 saturated carbocycles. The van der Waals surface area contributed by atoms with E-state index < -0.39 is 68.8 Å². The summed E-state index contributed by atoms with van der Waals surface area (Å²) in [5.74, 6) is -1.59. The summed E-state index contributed by atoms with van der Waals surface area (Å²) < 4.78 is 90.6. The van der Waals surface area contributed by atoms with Crippen molar-refractivity contribution in [1.82, 2.24) is 0 Å². The zero-order chi connectivity index (χ0) is 23.8. The quantitative estimate of drug-likeness (QED) is 0.295. The van der Waals surface area contributed by atoms with Crippen LogP contribution in [0.2, 0.25) is 0 Å². The zero-order valence-corrected chi connectivity index (χ0v) is 17.8. The predicted molar refractivity (Wildman–Crippen MR) is 109 cm³/mol. The monoisotopic (exact) mass is 501 g/mol. The maximum atomic E-state index is 11.8. The van der Waals surface area contributed by atoms with Gasteiger partial charge in [0.05, 0.1) is 5.69 Å². The standard InChI is InChI=1S/C16H11N3O10S3/c20-11-5-4-9(19-30(22)23)7-10(11)17-18-15-13(32(27,28)29)6-8-2-1-3-12(31(24,25)26)14(8)16(15)21/h1-7,20-21H,(H,24,25,26)(H,27,28,29). The van der Waals surface area contributed by atoms with Gasteiger partial charge in [-0.25, -0.2) is 0 Å². The molecular weight excluding hydrogens is 490 g/mol. The molecule has 0 aliphatic rings. The van der Waals surface area contributed by atoms with Crippen LogP contribution in [-0.4, -0.2) is 44.6 Å². The molecule has 0 heterocycles. The lowest BCUT2D eigenvalue weighted by Crippen LogP contribution is -2.02. The molecule has 0 radical (unpaired) electrons. The van der Waals surface area contributed by atoms with Crippen LogP contribution in [0, 0.1) is 0 Å². The predicted octanol–water partition coefficient (Wildman–Crippen LogP) is 2.85. The van der Waals surface area contributed by atoms with Crippen molar-refractivity contribution >= 4 is 58.6 Å². The van der Waals surface area contributed by atoms with Crippen molar-refractivity contribution in [2.75, 3.05) is 0 Å². The van der Waals surface area contributed by atoms with Crippen LogP contribution in [-0.2, 0) is 30.7 Å². The molecule has 0 aromatic heterocycles. The Hall–Kier alpha value is -3.44. The van der Waals surface area contributed by atoms with E-state index in [9.17, 15) is 44.6 Å². The van der Waals surface area contributed by atoms with Gasteiger partial charge in [0.15, 0.2) is 5.75 Å². The minimum atomic E-state index is -5.02. The number of hydrogen-bond acceptors (Lipinski definition) is 11. The number of hydrogen-bond donors (Lipinski definition) is 4. The Bertz CT molecular complexity index is 1640. The summed E-state index contributed by atoms with van der Waals surface area (Å²) in [7, 11) is -12.7. The Morgan fingerprint density at radius 3 is 2.06 bits per heavy atom. The molecule has 0 bridgehead atoms. The number of benzene rings is 3. The average molecular weight is 501 g/mol. The second-order valence-corrected chi connectivity index (χ2v) is 9.45. The Kier molecular flexibility index (Phi) is 5.98. The van der Waals surface area contributed by atoms with Crippen molar-refractivity contribution in [2.45, 2.75) is 9.79 Å². The summed E-state index contributed by atoms with van der Waals surface area (Å²) in [6.45, 7) is 0. The van der Waals surface area contributed by atoms with Gasteiger partial charge in [-0.1, -0.05) is 12.1 Å². The van der Waals surface area contributed by atoms with E-state index in [1.165, 1.54) is 6.07 Å². The molecule has 32 heavy (non-hydrogen) atoms. The largest absolute Gasteiger partial charge is 0.506 e. The van der Waals surface area contributed by atoms with Crippen molar-refractivity contribution in [1.29, 1.82) is 0 Å². The highest BCUT2D eigenvalue weighted by atomic mass is 32.2. The SMILES string of the molecule is O=S(=O)=Nc1ccc(O)c(N=Nc2c(S(=O)(=O)O)cc3cccc(S(=O)(=O)O)c3c2O)c1. The van der Waals surface area contributed by atoms with Crippen molar-refractivity contribution in [3.8, 4) is 11.5 Å². The van der Waals surface area contributed by atoms with Gasteiger partial charge >= 0.3 is 10.5 Å². The van der Waals surface area contributed by atoms with Crippen LogP contribution in [0.5, 0.6) is 11.5 Å². The summed E-state index contributed by atoms with van der Waals surface area (Å²) in [4.78, 5) is -1.73. The normalized spacial score (nSPS) is 12.3. The summed E-state index contributed by atoms with van der Waals surface area (Å²) >= 11 is 0. The molecule has 0 spiro atoms. The Morgan fingerprint density at radius 2 is 1.47 bits per heavy atom. The summed E-state index contributed by atoms with van der Waals surface area (Å²) in [5.41, 5.74) is -1.48. The van der Waals surface area contributed by atoms with Gasteiger partial charge in [-0.05, 0) is 35.7 Å². The minimum absolute atomic E-state index is 0.170. The first-order valence-corrected chi connectivity index (χ1v) is 12.0. The first kappa shape index (κ1) is 23.2. The Balaban J connectivity index is 2.35. The lowest BCUT2D eigenvalue weighted by molar-refractivity contribution is 0.469. The Morgan fingerprint density at radius 1 is 0.812 bits per heavy atom. The van der Waals surface area contributed by atoms with Crippen molar-refractivity contribution in [3.63, 3.8) is 0 Å². The molecule has 0 saturated heterocycles. The molecule has 0 aliphatic heterocycles. The molecule has 3 rings (SSSR count). The minimum Gasteiger partial charge on any atom is -0.506 e. The number of phenols is 2. The number of rotatable bonds is 5. The van der Waals surface area contributed by atoms with Crippen LogP contribution < -0.4 is 0 Å². The maximum Gasteiger partial charge on any atom is 0.316 e. The van der Waals surface area contributed by atoms with E-state index in [2.05, 4.69) is 14.6 Å². The van der Waals surface area contributed by atoms with Gasteiger partial charge in [-0.15, -0.1) is 14.6 Å². The van der Waals surface area contributed by atoms with Gasteiger partial charge in [-0.2, -0.15) is 25.3 Å². The van der Waals surface area contributed by atoms with Crippen LogP contribution in [0.15, 0.2) is 66.8 Å². The summed E-state index contributed by atoms with van der Waals surface area (Å²) in [6, 6.07) is 7.19.